The van der Waals surface area contributed by atoms with Crippen molar-refractivity contribution in [3.05, 3.63) is 23.0 Å². The Balaban J connectivity index is 1.54. The lowest BCUT2D eigenvalue weighted by molar-refractivity contribution is -0.140. The van der Waals surface area contributed by atoms with Crippen LogP contribution in [0.2, 0.25) is 0 Å². The van der Waals surface area contributed by atoms with Gasteiger partial charge in [0.15, 0.2) is 5.78 Å². The summed E-state index contributed by atoms with van der Waals surface area (Å²) in [6.45, 7) is 1.84. The second kappa shape index (κ2) is 8.60. The molecule has 3 aliphatic rings. The Morgan fingerprint density at radius 1 is 1.12 bits per heavy atom. The number of amides is 1. The van der Waals surface area contributed by atoms with Crippen LogP contribution in [0.5, 0.6) is 0 Å². The maximum atomic E-state index is 12.7. The first-order valence-corrected chi connectivity index (χ1v) is 9.19. The third kappa shape index (κ3) is 4.22. The van der Waals surface area contributed by atoms with Gasteiger partial charge in [-0.25, -0.2) is 0 Å². The molecule has 26 heavy (non-hydrogen) atoms. The van der Waals surface area contributed by atoms with Gasteiger partial charge in [0.1, 0.15) is 5.78 Å². The standard InChI is InChI=1S/C19H25NO6/c21-6-9-25-7-1-8-26-15-3-4-16-13(10-15)12-20(19(16)24)17-5-2-14(22)11-18(17)23/h10,17,21H,1-9,11-12H2. The maximum Gasteiger partial charge on any atom is 0.251 e. The summed E-state index contributed by atoms with van der Waals surface area (Å²) in [7, 11) is 0. The number of nitrogens with zero attached hydrogens (tertiary/aromatic N) is 1. The minimum absolute atomic E-state index is 0.0190. The Morgan fingerprint density at radius 3 is 2.73 bits per heavy atom. The number of hydrogen-bond acceptors (Lipinski definition) is 6. The third-order valence-electron chi connectivity index (χ3n) is 4.98. The van der Waals surface area contributed by atoms with Crippen LogP contribution in [0.25, 0.3) is 0 Å². The van der Waals surface area contributed by atoms with E-state index in [2.05, 4.69) is 0 Å². The minimum atomic E-state index is -0.466. The molecular weight excluding hydrogens is 338 g/mol. The molecule has 1 saturated carbocycles. The van der Waals surface area contributed by atoms with E-state index in [-0.39, 0.29) is 30.5 Å². The smallest absolute Gasteiger partial charge is 0.251 e. The van der Waals surface area contributed by atoms with Crippen molar-refractivity contribution in [1.82, 2.24) is 4.90 Å². The molecule has 0 saturated heterocycles. The van der Waals surface area contributed by atoms with Crippen LogP contribution >= 0.6 is 0 Å². The second-order valence-corrected chi connectivity index (χ2v) is 6.82. The summed E-state index contributed by atoms with van der Waals surface area (Å²) >= 11 is 0. The largest absolute Gasteiger partial charge is 0.498 e. The molecule has 1 aliphatic heterocycles. The lowest BCUT2D eigenvalue weighted by Crippen LogP contribution is -2.46. The van der Waals surface area contributed by atoms with Crippen LogP contribution in [-0.4, -0.2) is 66.5 Å². The molecule has 7 heteroatoms. The summed E-state index contributed by atoms with van der Waals surface area (Å²) in [6, 6.07) is -0.466. The number of aliphatic hydroxyl groups excluding tert-OH is 1. The molecule has 3 rings (SSSR count). The zero-order chi connectivity index (χ0) is 18.5. The van der Waals surface area contributed by atoms with Crippen LogP contribution in [0, 0.1) is 0 Å². The quantitative estimate of drug-likeness (QED) is 0.509. The van der Waals surface area contributed by atoms with E-state index in [1.807, 2.05) is 6.08 Å². The summed E-state index contributed by atoms with van der Waals surface area (Å²) in [4.78, 5) is 37.9. The highest BCUT2D eigenvalue weighted by Gasteiger charge is 2.40. The van der Waals surface area contributed by atoms with Gasteiger partial charge in [-0.1, -0.05) is 0 Å². The Bertz CT molecular complexity index is 650. The van der Waals surface area contributed by atoms with Gasteiger partial charge >= 0.3 is 0 Å². The van der Waals surface area contributed by atoms with E-state index in [1.165, 1.54) is 0 Å². The number of Topliss-reactive ketones (excluding diaryl/α,β-unsaturated/α-hetero) is 2. The Morgan fingerprint density at radius 2 is 1.96 bits per heavy atom. The van der Waals surface area contributed by atoms with Crippen molar-refractivity contribution in [2.45, 2.75) is 44.6 Å². The Kier molecular flexibility index (Phi) is 6.21. The molecule has 1 N–H and O–H groups in total. The molecule has 1 amide bonds. The lowest BCUT2D eigenvalue weighted by atomic mass is 9.92. The summed E-state index contributed by atoms with van der Waals surface area (Å²) in [5, 5.41) is 8.64. The highest BCUT2D eigenvalue weighted by Crippen LogP contribution is 2.34. The van der Waals surface area contributed by atoms with Crippen molar-refractivity contribution in [1.29, 1.82) is 0 Å². The van der Waals surface area contributed by atoms with E-state index < -0.39 is 6.04 Å². The number of allylic oxidation sites excluding steroid dienone is 1. The fourth-order valence-electron chi connectivity index (χ4n) is 3.66. The van der Waals surface area contributed by atoms with E-state index in [0.29, 0.717) is 52.0 Å². The van der Waals surface area contributed by atoms with Gasteiger partial charge in [0.25, 0.3) is 5.91 Å². The first-order valence-electron chi connectivity index (χ1n) is 9.19. The average Bonchev–Trinajstić information content (AvgIpc) is 2.94. The SMILES string of the molecule is O=C1CCC(N2CC3=C(CCC(OCCCOCCO)=C3)C2=O)C(=O)C1. The zero-order valence-electron chi connectivity index (χ0n) is 14.9. The highest BCUT2D eigenvalue weighted by atomic mass is 16.5. The van der Waals surface area contributed by atoms with E-state index >= 15 is 0 Å². The predicted molar refractivity (Wildman–Crippen MR) is 92.2 cm³/mol. The van der Waals surface area contributed by atoms with Gasteiger partial charge in [-0.05, 0) is 24.5 Å². The van der Waals surface area contributed by atoms with Crippen LogP contribution in [-0.2, 0) is 23.9 Å². The first-order chi connectivity index (χ1) is 12.6. The van der Waals surface area contributed by atoms with Crippen molar-refractivity contribution in [2.75, 3.05) is 33.0 Å². The number of rotatable bonds is 8. The Labute approximate surface area is 152 Å². The van der Waals surface area contributed by atoms with Crippen LogP contribution in [0.3, 0.4) is 0 Å². The van der Waals surface area contributed by atoms with E-state index in [1.54, 1.807) is 4.90 Å². The van der Waals surface area contributed by atoms with Gasteiger partial charge in [0.2, 0.25) is 0 Å². The van der Waals surface area contributed by atoms with Crippen molar-refractivity contribution in [2.24, 2.45) is 0 Å². The van der Waals surface area contributed by atoms with Crippen molar-refractivity contribution < 1.29 is 29.0 Å². The second-order valence-electron chi connectivity index (χ2n) is 6.82. The summed E-state index contributed by atoms with van der Waals surface area (Å²) in [5.74, 6) is 0.609. The number of carbonyl (C=O) groups excluding carboxylic acids is 3. The van der Waals surface area contributed by atoms with Crippen LogP contribution in [0.4, 0.5) is 0 Å². The monoisotopic (exact) mass is 363 g/mol. The number of hydrogen-bond donors (Lipinski definition) is 1. The van der Waals surface area contributed by atoms with E-state index in [0.717, 1.165) is 23.3 Å². The average molecular weight is 363 g/mol. The number of aliphatic hydroxyl groups is 1. The fraction of sp³-hybridized carbons (Fsp3) is 0.632. The molecule has 0 aromatic heterocycles. The number of ether oxygens (including phenoxy) is 2. The fourth-order valence-corrected chi connectivity index (χ4v) is 3.66. The van der Waals surface area contributed by atoms with Gasteiger partial charge < -0.3 is 19.5 Å². The topological polar surface area (TPSA) is 93.1 Å². The Hall–Kier alpha value is -1.99. The molecule has 0 radical (unpaired) electrons. The molecule has 1 atom stereocenters. The number of ketones is 2. The molecular formula is C19H25NO6. The minimum Gasteiger partial charge on any atom is -0.498 e. The normalized spacial score (nSPS) is 23.4. The summed E-state index contributed by atoms with van der Waals surface area (Å²) in [5.41, 5.74) is 1.70. The molecule has 0 bridgehead atoms. The molecule has 1 heterocycles. The molecule has 7 nitrogen and oxygen atoms in total. The summed E-state index contributed by atoms with van der Waals surface area (Å²) in [6.07, 6.45) is 4.70. The molecule has 0 aromatic rings. The predicted octanol–water partition coefficient (Wildman–Crippen LogP) is 0.909. The molecule has 0 spiro atoms. The van der Waals surface area contributed by atoms with Crippen LogP contribution in [0.1, 0.15) is 38.5 Å². The highest BCUT2D eigenvalue weighted by molar-refractivity contribution is 6.07. The molecule has 142 valence electrons. The van der Waals surface area contributed by atoms with Gasteiger partial charge in [-0.15, -0.1) is 0 Å². The molecule has 2 aliphatic carbocycles. The first kappa shape index (κ1) is 18.8. The van der Waals surface area contributed by atoms with Crippen molar-refractivity contribution in [3.8, 4) is 0 Å². The lowest BCUT2D eigenvalue weighted by Gasteiger charge is -2.29. The van der Waals surface area contributed by atoms with Crippen LogP contribution < -0.4 is 0 Å². The van der Waals surface area contributed by atoms with Gasteiger partial charge in [-0.2, -0.15) is 0 Å². The summed E-state index contributed by atoms with van der Waals surface area (Å²) < 4.78 is 11.0. The van der Waals surface area contributed by atoms with E-state index in [4.69, 9.17) is 14.6 Å². The van der Waals surface area contributed by atoms with Crippen molar-refractivity contribution >= 4 is 17.5 Å². The molecule has 1 unspecified atom stereocenters. The molecule has 1 fully saturated rings. The van der Waals surface area contributed by atoms with Crippen molar-refractivity contribution in [3.63, 3.8) is 0 Å². The van der Waals surface area contributed by atoms with Gasteiger partial charge in [0.05, 0.1) is 38.0 Å². The van der Waals surface area contributed by atoms with Gasteiger partial charge in [-0.3, -0.25) is 14.4 Å². The molecule has 0 aromatic carbocycles. The van der Waals surface area contributed by atoms with E-state index in [9.17, 15) is 14.4 Å². The number of carbonyl (C=O) groups is 3. The maximum absolute atomic E-state index is 12.7. The van der Waals surface area contributed by atoms with Crippen LogP contribution in [0.15, 0.2) is 23.0 Å². The van der Waals surface area contributed by atoms with Gasteiger partial charge in [0, 0.05) is 38.0 Å². The zero-order valence-corrected chi connectivity index (χ0v) is 14.9. The third-order valence-corrected chi connectivity index (χ3v) is 4.98.